The van der Waals surface area contributed by atoms with Crippen LogP contribution in [0.5, 0.6) is 0 Å². The normalized spacial score (nSPS) is 22.1. The van der Waals surface area contributed by atoms with E-state index in [1.54, 1.807) is 50.1 Å². The van der Waals surface area contributed by atoms with Crippen LogP contribution < -0.4 is 4.57 Å². The maximum absolute atomic E-state index is 14.2. The zero-order valence-electron chi connectivity index (χ0n) is 20.0. The zero-order valence-corrected chi connectivity index (χ0v) is 20.0. The molecule has 35 heavy (non-hydrogen) atoms. The molecule has 1 saturated carbocycles. The number of carbonyl (C=O) groups excluding carboxylic acids is 1. The molecule has 3 heterocycles. The van der Waals surface area contributed by atoms with Gasteiger partial charge in [0.2, 0.25) is 0 Å². The quantitative estimate of drug-likeness (QED) is 0.470. The van der Waals surface area contributed by atoms with Crippen LogP contribution in [0.25, 0.3) is 5.70 Å². The summed E-state index contributed by atoms with van der Waals surface area (Å²) in [6.07, 6.45) is 10.9. The highest BCUT2D eigenvalue weighted by molar-refractivity contribution is 6.09. The van der Waals surface area contributed by atoms with Gasteiger partial charge in [-0.05, 0) is 77.2 Å². The first-order chi connectivity index (χ1) is 16.7. The van der Waals surface area contributed by atoms with E-state index in [1.807, 2.05) is 4.68 Å². The number of hydrogen-bond acceptors (Lipinski definition) is 5. The van der Waals surface area contributed by atoms with Gasteiger partial charge in [0, 0.05) is 22.8 Å². The number of allylic oxidation sites excluding steroid dienone is 4. The van der Waals surface area contributed by atoms with Gasteiger partial charge < -0.3 is 4.74 Å². The highest BCUT2D eigenvalue weighted by Crippen LogP contribution is 2.38. The van der Waals surface area contributed by atoms with Crippen LogP contribution in [0.15, 0.2) is 58.9 Å². The predicted octanol–water partition coefficient (Wildman–Crippen LogP) is 4.73. The highest BCUT2D eigenvalue weighted by Gasteiger charge is 2.38. The molecule has 0 spiro atoms. The Labute approximate surface area is 202 Å². The molecule has 1 fully saturated rings. The number of carbonyl (C=O) groups is 1. The summed E-state index contributed by atoms with van der Waals surface area (Å²) in [4.78, 5) is 22.1. The molecule has 5 rings (SSSR count). The number of aromatic nitrogens is 4. The van der Waals surface area contributed by atoms with Crippen molar-refractivity contribution in [2.45, 2.75) is 70.4 Å². The SMILES string of the molecule is CC(C)(C)OC(=O)C1=C2CC=C(F)C=C2N=Cc2n(C3CCC(c4ncccc4F)CC3)nc[n+]21. The maximum atomic E-state index is 14.2. The van der Waals surface area contributed by atoms with Crippen molar-refractivity contribution < 1.29 is 22.9 Å². The van der Waals surface area contributed by atoms with Crippen molar-refractivity contribution in [3.05, 3.63) is 71.2 Å². The fourth-order valence-electron chi connectivity index (χ4n) is 4.94. The summed E-state index contributed by atoms with van der Waals surface area (Å²) < 4.78 is 37.5. The van der Waals surface area contributed by atoms with Crippen LogP contribution in [0.1, 0.15) is 76.4 Å². The first-order valence-electron chi connectivity index (χ1n) is 11.9. The van der Waals surface area contributed by atoms with Crippen molar-refractivity contribution in [3.8, 4) is 0 Å². The lowest BCUT2D eigenvalue weighted by Crippen LogP contribution is -2.42. The number of ether oxygens (including phenoxy) is 1. The van der Waals surface area contributed by atoms with Crippen LogP contribution in [-0.4, -0.2) is 32.5 Å². The van der Waals surface area contributed by atoms with E-state index in [-0.39, 0.29) is 35.7 Å². The Morgan fingerprint density at radius 3 is 2.69 bits per heavy atom. The van der Waals surface area contributed by atoms with E-state index in [0.717, 1.165) is 25.7 Å². The molecule has 7 nitrogen and oxygen atoms in total. The Morgan fingerprint density at radius 2 is 1.97 bits per heavy atom. The summed E-state index contributed by atoms with van der Waals surface area (Å²) in [5.74, 6) is -0.496. The van der Waals surface area contributed by atoms with Crippen molar-refractivity contribution in [1.82, 2.24) is 14.8 Å². The van der Waals surface area contributed by atoms with Crippen molar-refractivity contribution >= 4 is 17.9 Å². The molecule has 0 radical (unpaired) electrons. The molecule has 0 N–H and O–H groups in total. The van der Waals surface area contributed by atoms with Gasteiger partial charge in [-0.1, -0.05) is 0 Å². The molecule has 0 saturated heterocycles. The molecule has 2 aliphatic carbocycles. The lowest BCUT2D eigenvalue weighted by Gasteiger charge is -2.26. The smallest absolute Gasteiger partial charge is 0.371 e. The molecule has 0 unspecified atom stereocenters. The van der Waals surface area contributed by atoms with Crippen LogP contribution >= 0.6 is 0 Å². The Bertz CT molecular complexity index is 1290. The summed E-state index contributed by atoms with van der Waals surface area (Å²) in [6.45, 7) is 5.41. The van der Waals surface area contributed by atoms with Gasteiger partial charge in [0.15, 0.2) is 5.70 Å². The first kappa shape index (κ1) is 23.3. The second-order valence-corrected chi connectivity index (χ2v) is 10.1. The van der Waals surface area contributed by atoms with Crippen LogP contribution in [0, 0.1) is 5.82 Å². The van der Waals surface area contributed by atoms with E-state index < -0.39 is 11.6 Å². The van der Waals surface area contributed by atoms with Crippen LogP contribution in [0.2, 0.25) is 0 Å². The number of pyridine rings is 1. The molecule has 0 atom stereocenters. The van der Waals surface area contributed by atoms with Gasteiger partial charge in [0.25, 0.3) is 12.2 Å². The lowest BCUT2D eigenvalue weighted by atomic mass is 9.83. The Hall–Kier alpha value is -3.49. The fourth-order valence-corrected chi connectivity index (χ4v) is 4.94. The first-order valence-corrected chi connectivity index (χ1v) is 11.9. The van der Waals surface area contributed by atoms with Gasteiger partial charge in [0.05, 0.1) is 11.4 Å². The standard InChI is InChI=1S/C26H28F2N5O2/c1-26(2,3)35-25(34)24-19-11-8-17(27)13-21(19)30-14-22-32(24)15-31-33(22)18-9-6-16(7-10-18)23-20(28)5-4-12-29-23/h4-5,8,12-16,18H,6-7,9-11H2,1-3H3/q+1. The fraction of sp³-hybridized carbons (Fsp3) is 0.423. The molecule has 0 amide bonds. The number of hydrogen-bond donors (Lipinski definition) is 0. The van der Waals surface area contributed by atoms with E-state index in [1.165, 1.54) is 18.2 Å². The molecular formula is C26H28F2N5O2+. The van der Waals surface area contributed by atoms with E-state index in [0.29, 0.717) is 22.8 Å². The van der Waals surface area contributed by atoms with Gasteiger partial charge in [0.1, 0.15) is 29.5 Å². The van der Waals surface area contributed by atoms with E-state index >= 15 is 0 Å². The van der Waals surface area contributed by atoms with Crippen molar-refractivity contribution in [1.29, 1.82) is 0 Å². The largest absolute Gasteiger partial charge is 0.454 e. The number of halogens is 2. The third-order valence-electron chi connectivity index (χ3n) is 6.51. The average Bonchev–Trinajstić information content (AvgIpc) is 3.14. The van der Waals surface area contributed by atoms with Crippen LogP contribution in [-0.2, 0) is 9.53 Å². The third-order valence-corrected chi connectivity index (χ3v) is 6.51. The number of rotatable bonds is 3. The third kappa shape index (κ3) is 4.59. The van der Waals surface area contributed by atoms with Gasteiger partial charge in [-0.3, -0.25) is 4.98 Å². The summed E-state index contributed by atoms with van der Waals surface area (Å²) >= 11 is 0. The van der Waals surface area contributed by atoms with Crippen molar-refractivity contribution in [3.63, 3.8) is 0 Å². The molecule has 1 aliphatic heterocycles. The predicted molar refractivity (Wildman–Crippen MR) is 125 cm³/mol. The molecule has 0 bridgehead atoms. The minimum absolute atomic E-state index is 0.0505. The minimum Gasteiger partial charge on any atom is -0.454 e. The van der Waals surface area contributed by atoms with Crippen LogP contribution in [0.4, 0.5) is 8.78 Å². The summed E-state index contributed by atoms with van der Waals surface area (Å²) in [5, 5.41) is 4.61. The summed E-state index contributed by atoms with van der Waals surface area (Å²) in [6, 6.07) is 3.10. The molecule has 2 aromatic heterocycles. The minimum atomic E-state index is -0.701. The molecular weight excluding hydrogens is 452 g/mol. The molecule has 0 aromatic carbocycles. The van der Waals surface area contributed by atoms with Crippen LogP contribution in [0.3, 0.4) is 0 Å². The van der Waals surface area contributed by atoms with Gasteiger partial charge in [-0.25, -0.2) is 18.6 Å². The lowest BCUT2D eigenvalue weighted by molar-refractivity contribution is -0.581. The summed E-state index contributed by atoms with van der Waals surface area (Å²) in [7, 11) is 0. The Morgan fingerprint density at radius 1 is 1.20 bits per heavy atom. The molecule has 2 aromatic rings. The summed E-state index contributed by atoms with van der Waals surface area (Å²) in [5.41, 5.74) is 1.10. The number of fused-ring (bicyclic) bond motifs is 2. The Kier molecular flexibility index (Phi) is 5.94. The topological polar surface area (TPSA) is 73.2 Å². The molecule has 3 aliphatic rings. The van der Waals surface area contributed by atoms with Gasteiger partial charge >= 0.3 is 5.97 Å². The van der Waals surface area contributed by atoms with Gasteiger partial charge in [-0.15, -0.1) is 4.68 Å². The van der Waals surface area contributed by atoms with E-state index in [9.17, 15) is 13.6 Å². The molecule has 182 valence electrons. The number of esters is 1. The number of aliphatic imine (C=N–C) groups is 1. The zero-order chi connectivity index (χ0) is 24.7. The second-order valence-electron chi connectivity index (χ2n) is 10.1. The van der Waals surface area contributed by atoms with E-state index in [4.69, 9.17) is 4.74 Å². The van der Waals surface area contributed by atoms with Crippen molar-refractivity contribution in [2.24, 2.45) is 4.99 Å². The monoisotopic (exact) mass is 480 g/mol. The second kappa shape index (κ2) is 8.94. The highest BCUT2D eigenvalue weighted by atomic mass is 19.1. The maximum Gasteiger partial charge on any atom is 0.371 e. The van der Waals surface area contributed by atoms with Crippen molar-refractivity contribution in [2.75, 3.05) is 0 Å². The molecule has 9 heteroatoms. The average molecular weight is 481 g/mol. The van der Waals surface area contributed by atoms with Gasteiger partial charge in [-0.2, -0.15) is 4.57 Å². The van der Waals surface area contributed by atoms with E-state index in [2.05, 4.69) is 15.1 Å². The number of nitrogens with zero attached hydrogens (tertiary/aromatic N) is 5. The Balaban J connectivity index is 1.48.